The van der Waals surface area contributed by atoms with Gasteiger partial charge in [0.05, 0.1) is 6.61 Å². The molecule has 4 saturated heterocycles. The van der Waals surface area contributed by atoms with Crippen molar-refractivity contribution < 1.29 is 46.7 Å². The lowest BCUT2D eigenvalue weighted by atomic mass is 9.58. The average Bonchev–Trinajstić information content (AvgIpc) is 2.88. The van der Waals surface area contributed by atoms with Crippen LogP contribution < -0.4 is 0 Å². The number of carbonyl (C=O) groups is 1. The minimum absolute atomic E-state index is 0.0810. The fourth-order valence-corrected chi connectivity index (χ4v) is 5.65. The van der Waals surface area contributed by atoms with Crippen LogP contribution in [0.4, 0.5) is 13.2 Å². The highest BCUT2D eigenvalue weighted by Crippen LogP contribution is 2.60. The zero-order chi connectivity index (χ0) is 21.9. The lowest BCUT2D eigenvalue weighted by molar-refractivity contribution is -0.578. The van der Waals surface area contributed by atoms with Crippen LogP contribution in [-0.4, -0.2) is 48.8 Å². The van der Waals surface area contributed by atoms with Crippen LogP contribution in [-0.2, 0) is 33.5 Å². The molecule has 30 heavy (non-hydrogen) atoms. The van der Waals surface area contributed by atoms with Crippen molar-refractivity contribution in [3.8, 4) is 0 Å². The van der Waals surface area contributed by atoms with Crippen LogP contribution in [0.1, 0.15) is 53.4 Å². The van der Waals surface area contributed by atoms with Crippen molar-refractivity contribution in [3.63, 3.8) is 0 Å². The van der Waals surface area contributed by atoms with Gasteiger partial charge < -0.3 is 18.9 Å². The lowest BCUT2D eigenvalue weighted by Gasteiger charge is -2.60. The first kappa shape index (κ1) is 22.3. The molecule has 5 fully saturated rings. The first-order valence-corrected chi connectivity index (χ1v) is 10.6. The van der Waals surface area contributed by atoms with Gasteiger partial charge in [0.2, 0.25) is 5.79 Å². The summed E-state index contributed by atoms with van der Waals surface area (Å²) in [6, 6.07) is 0. The van der Waals surface area contributed by atoms with E-state index in [-0.39, 0.29) is 18.4 Å². The predicted octanol–water partition coefficient (Wildman–Crippen LogP) is 3.71. The fraction of sp³-hybridized carbons (Fsp3) is 0.950. The summed E-state index contributed by atoms with van der Waals surface area (Å²) < 4.78 is 62.4. The zero-order valence-corrected chi connectivity index (χ0v) is 17.6. The molecule has 1 aliphatic carbocycles. The number of esters is 1. The number of hydrogen-bond acceptors (Lipinski definition) is 7. The lowest BCUT2D eigenvalue weighted by Crippen LogP contribution is -2.71. The minimum atomic E-state index is -4.93. The van der Waals surface area contributed by atoms with E-state index in [2.05, 4.69) is 11.7 Å². The van der Waals surface area contributed by atoms with Crippen molar-refractivity contribution >= 4 is 5.97 Å². The van der Waals surface area contributed by atoms with Crippen LogP contribution in [0, 0.1) is 23.7 Å². The van der Waals surface area contributed by atoms with Crippen molar-refractivity contribution in [1.29, 1.82) is 0 Å². The maximum absolute atomic E-state index is 13.5. The summed E-state index contributed by atoms with van der Waals surface area (Å²) in [7, 11) is 0. The topological polar surface area (TPSA) is 72.5 Å². The Morgan fingerprint density at radius 2 is 1.90 bits per heavy atom. The maximum Gasteiger partial charge on any atom is 0.425 e. The number of rotatable bonds is 4. The molecule has 0 N–H and O–H groups in total. The van der Waals surface area contributed by atoms with Crippen LogP contribution >= 0.6 is 0 Å². The normalized spacial score (nSPS) is 46.6. The van der Waals surface area contributed by atoms with Crippen LogP contribution in [0.2, 0.25) is 0 Å². The minimum Gasteiger partial charge on any atom is -0.464 e. The molecule has 1 saturated carbocycles. The summed E-state index contributed by atoms with van der Waals surface area (Å²) in [5, 5.41) is 0. The Morgan fingerprint density at radius 1 is 1.17 bits per heavy atom. The Hall–Kier alpha value is -0.940. The van der Waals surface area contributed by atoms with E-state index >= 15 is 0 Å². The van der Waals surface area contributed by atoms with Gasteiger partial charge in [-0.1, -0.05) is 13.8 Å². The highest BCUT2D eigenvalue weighted by molar-refractivity contribution is 5.75. The second kappa shape index (κ2) is 7.58. The summed E-state index contributed by atoms with van der Waals surface area (Å²) in [6.45, 7) is 6.88. The largest absolute Gasteiger partial charge is 0.464 e. The van der Waals surface area contributed by atoms with E-state index in [1.54, 1.807) is 13.8 Å². The van der Waals surface area contributed by atoms with E-state index in [4.69, 9.17) is 24.0 Å². The van der Waals surface area contributed by atoms with Gasteiger partial charge in [-0.3, -0.25) is 0 Å². The summed E-state index contributed by atoms with van der Waals surface area (Å²) in [6.07, 6.45) is -6.91. The molecule has 4 aliphatic heterocycles. The molecule has 0 amide bonds. The van der Waals surface area contributed by atoms with Gasteiger partial charge in [0.25, 0.3) is 6.10 Å². The zero-order valence-electron chi connectivity index (χ0n) is 17.6. The summed E-state index contributed by atoms with van der Waals surface area (Å²) in [5.74, 6) is -2.81. The van der Waals surface area contributed by atoms with Crippen LogP contribution in [0.25, 0.3) is 0 Å². The molecular formula is C20H29F3O7. The van der Waals surface area contributed by atoms with Gasteiger partial charge in [-0.05, 0) is 44.9 Å². The van der Waals surface area contributed by atoms with Crippen LogP contribution in [0.5, 0.6) is 0 Å². The van der Waals surface area contributed by atoms with Gasteiger partial charge in [-0.15, -0.1) is 0 Å². The molecular weight excluding hydrogens is 409 g/mol. The Bertz CT molecular complexity index is 673. The van der Waals surface area contributed by atoms with E-state index in [1.165, 1.54) is 6.92 Å². The van der Waals surface area contributed by atoms with Crippen molar-refractivity contribution in [3.05, 3.63) is 0 Å². The van der Waals surface area contributed by atoms with Gasteiger partial charge in [-0.25, -0.2) is 14.6 Å². The first-order chi connectivity index (χ1) is 14.0. The summed E-state index contributed by atoms with van der Waals surface area (Å²) >= 11 is 0. The number of hydrogen-bond donors (Lipinski definition) is 0. The summed E-state index contributed by atoms with van der Waals surface area (Å²) in [5.41, 5.74) is -0.912. The van der Waals surface area contributed by atoms with E-state index < -0.39 is 48.1 Å². The third-order valence-corrected chi connectivity index (χ3v) is 7.17. The van der Waals surface area contributed by atoms with E-state index in [9.17, 15) is 18.0 Å². The molecule has 5 aliphatic rings. The molecule has 4 heterocycles. The molecule has 172 valence electrons. The average molecular weight is 438 g/mol. The molecule has 5 rings (SSSR count). The predicted molar refractivity (Wildman–Crippen MR) is 94.4 cm³/mol. The number of fused-ring (bicyclic) bond motifs is 2. The van der Waals surface area contributed by atoms with Gasteiger partial charge in [0, 0.05) is 18.3 Å². The van der Waals surface area contributed by atoms with E-state index in [1.807, 2.05) is 0 Å². The molecule has 1 spiro atoms. The van der Waals surface area contributed by atoms with Gasteiger partial charge in [0.1, 0.15) is 0 Å². The molecule has 1 unspecified atom stereocenters. The SMILES string of the molecule is CCOC(=O)C(O[C@@H]1O[C@@H]2O[C@@]3(C)CC[C@H]4[C@H](C)CC[C@@H]([C@@H]1C)[C@@]24OO3)C(F)(F)F. The van der Waals surface area contributed by atoms with Gasteiger partial charge in [0.15, 0.2) is 18.2 Å². The van der Waals surface area contributed by atoms with Crippen molar-refractivity contribution in [2.24, 2.45) is 23.7 Å². The number of halogens is 3. The molecule has 0 radical (unpaired) electrons. The summed E-state index contributed by atoms with van der Waals surface area (Å²) in [4.78, 5) is 23.6. The number of ether oxygens (including phenoxy) is 4. The molecule has 10 heteroatoms. The van der Waals surface area contributed by atoms with Crippen LogP contribution in [0.15, 0.2) is 0 Å². The van der Waals surface area contributed by atoms with Gasteiger partial charge >= 0.3 is 12.1 Å². The smallest absolute Gasteiger partial charge is 0.425 e. The van der Waals surface area contributed by atoms with Crippen LogP contribution in [0.3, 0.4) is 0 Å². The number of alkyl halides is 3. The Kier molecular flexibility index (Phi) is 5.63. The van der Waals surface area contributed by atoms with Gasteiger partial charge in [-0.2, -0.15) is 13.2 Å². The fourth-order valence-electron chi connectivity index (χ4n) is 5.65. The standard InChI is InChI=1S/C20H29F3O7/c1-5-25-15(24)14(20(21,22)23)26-16-11(3)13-7-6-10(2)12-8-9-18(4)28-17(27-16)19(12,13)30-29-18/h10-14,16-17H,5-9H2,1-4H3/t10-,11+,12+,13+,14?,16-,17-,18-,19-/m1/s1. The second-order valence-electron chi connectivity index (χ2n) is 9.08. The second-order valence-corrected chi connectivity index (χ2v) is 9.08. The van der Waals surface area contributed by atoms with E-state index in [0.29, 0.717) is 18.8 Å². The molecule has 0 aromatic carbocycles. The molecule has 9 atom stereocenters. The van der Waals surface area contributed by atoms with Crippen molar-refractivity contribution in [1.82, 2.24) is 0 Å². The Morgan fingerprint density at radius 3 is 2.57 bits per heavy atom. The van der Waals surface area contributed by atoms with Crippen molar-refractivity contribution in [2.45, 2.75) is 89.6 Å². The molecule has 7 nitrogen and oxygen atoms in total. The maximum atomic E-state index is 13.5. The molecule has 0 aromatic heterocycles. The molecule has 0 aromatic rings. The monoisotopic (exact) mass is 438 g/mol. The Labute approximate surface area is 173 Å². The molecule has 2 bridgehead atoms. The first-order valence-electron chi connectivity index (χ1n) is 10.6. The quantitative estimate of drug-likeness (QED) is 0.490. The number of carbonyl (C=O) groups excluding carboxylic acids is 1. The highest BCUT2D eigenvalue weighted by atomic mass is 19.4. The third-order valence-electron chi connectivity index (χ3n) is 7.17. The Balaban J connectivity index is 1.64. The van der Waals surface area contributed by atoms with Crippen molar-refractivity contribution in [2.75, 3.05) is 6.61 Å². The third kappa shape index (κ3) is 3.44. The van der Waals surface area contributed by atoms with E-state index in [0.717, 1.165) is 12.8 Å². The highest BCUT2D eigenvalue weighted by Gasteiger charge is 2.70.